The van der Waals surface area contributed by atoms with Crippen molar-refractivity contribution in [1.82, 2.24) is 20.8 Å². The normalized spacial score (nSPS) is 10.0. The molecule has 0 saturated heterocycles. The second-order valence-electron chi connectivity index (χ2n) is 4.31. The highest BCUT2D eigenvalue weighted by Gasteiger charge is 2.11. The fraction of sp³-hybridized carbons (Fsp3) is 0.143. The summed E-state index contributed by atoms with van der Waals surface area (Å²) in [6.07, 6.45) is 1.52. The first-order valence-electron chi connectivity index (χ1n) is 6.75. The van der Waals surface area contributed by atoms with Crippen LogP contribution in [0.4, 0.5) is 15.6 Å². The van der Waals surface area contributed by atoms with E-state index < -0.39 is 11.9 Å². The van der Waals surface area contributed by atoms with Crippen molar-refractivity contribution in [1.29, 1.82) is 0 Å². The van der Waals surface area contributed by atoms with Crippen LogP contribution in [0, 0.1) is 0 Å². The number of rotatable bonds is 7. The highest BCUT2D eigenvalue weighted by atomic mass is 35.5. The molecule has 0 aliphatic carbocycles. The SMILES string of the molecule is C=CCNC(=O)NC(=O)CSc1nnc(Nc2ccccc2Cl)s1. The number of para-hydroxylation sites is 1. The van der Waals surface area contributed by atoms with Crippen molar-refractivity contribution in [3.63, 3.8) is 0 Å². The highest BCUT2D eigenvalue weighted by Crippen LogP contribution is 2.30. The van der Waals surface area contributed by atoms with Gasteiger partial charge in [0.25, 0.3) is 0 Å². The zero-order valence-electron chi connectivity index (χ0n) is 12.4. The van der Waals surface area contributed by atoms with E-state index in [4.69, 9.17) is 11.6 Å². The molecule has 1 heterocycles. The Morgan fingerprint density at radius 2 is 2.12 bits per heavy atom. The summed E-state index contributed by atoms with van der Waals surface area (Å²) in [5.41, 5.74) is 0.725. The highest BCUT2D eigenvalue weighted by molar-refractivity contribution is 8.01. The molecule has 0 bridgehead atoms. The third kappa shape index (κ3) is 5.84. The van der Waals surface area contributed by atoms with Gasteiger partial charge in [-0.2, -0.15) is 0 Å². The quantitative estimate of drug-likeness (QED) is 0.502. The zero-order chi connectivity index (χ0) is 17.4. The first-order valence-corrected chi connectivity index (χ1v) is 8.93. The molecule has 0 aliphatic rings. The van der Waals surface area contributed by atoms with Crippen LogP contribution in [0.15, 0.2) is 41.3 Å². The average Bonchev–Trinajstić information content (AvgIpc) is 3.01. The van der Waals surface area contributed by atoms with E-state index in [1.165, 1.54) is 29.2 Å². The molecule has 0 atom stereocenters. The van der Waals surface area contributed by atoms with Gasteiger partial charge in [-0.15, -0.1) is 16.8 Å². The van der Waals surface area contributed by atoms with Gasteiger partial charge in [0.05, 0.1) is 16.5 Å². The molecule has 0 radical (unpaired) electrons. The van der Waals surface area contributed by atoms with Gasteiger partial charge in [-0.05, 0) is 12.1 Å². The summed E-state index contributed by atoms with van der Waals surface area (Å²) in [4.78, 5) is 23.0. The standard InChI is InChI=1S/C14H14ClN5O2S2/c1-2-7-16-12(22)18-11(21)8-23-14-20-19-13(24-14)17-10-6-4-3-5-9(10)15/h2-6H,1,7-8H2,(H,17,19)(H2,16,18,21,22). The maximum Gasteiger partial charge on any atom is 0.321 e. The van der Waals surface area contributed by atoms with Gasteiger partial charge in [0, 0.05) is 6.54 Å². The van der Waals surface area contributed by atoms with E-state index in [0.717, 1.165) is 5.69 Å². The third-order valence-corrected chi connectivity index (χ3v) is 4.81. The third-order valence-electron chi connectivity index (χ3n) is 2.51. The minimum Gasteiger partial charge on any atom is -0.334 e. The van der Waals surface area contributed by atoms with Crippen molar-refractivity contribution in [3.05, 3.63) is 41.9 Å². The van der Waals surface area contributed by atoms with E-state index >= 15 is 0 Å². The number of urea groups is 1. The minimum absolute atomic E-state index is 0.0578. The average molecular weight is 384 g/mol. The number of carbonyl (C=O) groups excluding carboxylic acids is 2. The number of nitrogens with one attached hydrogen (secondary N) is 3. The van der Waals surface area contributed by atoms with Crippen LogP contribution < -0.4 is 16.0 Å². The number of halogens is 1. The van der Waals surface area contributed by atoms with E-state index in [0.29, 0.717) is 21.0 Å². The van der Waals surface area contributed by atoms with Gasteiger partial charge < -0.3 is 10.6 Å². The van der Waals surface area contributed by atoms with Crippen molar-refractivity contribution in [2.24, 2.45) is 0 Å². The molecule has 0 spiro atoms. The van der Waals surface area contributed by atoms with Crippen LogP contribution in [0.5, 0.6) is 0 Å². The second-order valence-corrected chi connectivity index (χ2v) is 6.92. The van der Waals surface area contributed by atoms with Gasteiger partial charge in [0.2, 0.25) is 11.0 Å². The fourth-order valence-electron chi connectivity index (χ4n) is 1.50. The predicted molar refractivity (Wildman–Crippen MR) is 97.1 cm³/mol. The summed E-state index contributed by atoms with van der Waals surface area (Å²) < 4.78 is 0.603. The van der Waals surface area contributed by atoms with Crippen molar-refractivity contribution in [2.45, 2.75) is 4.34 Å². The lowest BCUT2D eigenvalue weighted by Gasteiger charge is -2.03. The number of hydrogen-bond donors (Lipinski definition) is 3. The molecule has 2 rings (SSSR count). The van der Waals surface area contributed by atoms with Crippen LogP contribution in [0.25, 0.3) is 0 Å². The van der Waals surface area contributed by atoms with Gasteiger partial charge in [-0.3, -0.25) is 10.1 Å². The molecule has 0 unspecified atom stereocenters. The van der Waals surface area contributed by atoms with Gasteiger partial charge >= 0.3 is 6.03 Å². The van der Waals surface area contributed by atoms with Gasteiger partial charge in [-0.1, -0.05) is 52.9 Å². The lowest BCUT2D eigenvalue weighted by Crippen LogP contribution is -2.40. The maximum atomic E-state index is 11.6. The summed E-state index contributed by atoms with van der Waals surface area (Å²) in [6, 6.07) is 6.72. The van der Waals surface area contributed by atoms with Crippen molar-refractivity contribution >= 4 is 57.5 Å². The Morgan fingerprint density at radius 3 is 2.88 bits per heavy atom. The Morgan fingerprint density at radius 1 is 1.33 bits per heavy atom. The van der Waals surface area contributed by atoms with Crippen molar-refractivity contribution in [2.75, 3.05) is 17.6 Å². The molecular formula is C14H14ClN5O2S2. The topological polar surface area (TPSA) is 96.0 Å². The largest absolute Gasteiger partial charge is 0.334 e. The van der Waals surface area contributed by atoms with Crippen molar-refractivity contribution < 1.29 is 9.59 Å². The zero-order valence-corrected chi connectivity index (χ0v) is 14.8. The molecule has 0 saturated carbocycles. The number of benzene rings is 1. The smallest absolute Gasteiger partial charge is 0.321 e. The molecule has 10 heteroatoms. The van der Waals surface area contributed by atoms with Gasteiger partial charge in [-0.25, -0.2) is 4.79 Å². The number of imide groups is 1. The molecule has 1 aromatic heterocycles. The second kappa shape index (κ2) is 9.26. The molecule has 2 aromatic rings. The molecule has 7 nitrogen and oxygen atoms in total. The van der Waals surface area contributed by atoms with Crippen LogP contribution in [0.2, 0.25) is 5.02 Å². The van der Waals surface area contributed by atoms with Gasteiger partial charge in [0.15, 0.2) is 4.34 Å². The minimum atomic E-state index is -0.557. The van der Waals surface area contributed by atoms with Crippen LogP contribution in [-0.2, 0) is 4.79 Å². The molecule has 1 aromatic carbocycles. The van der Waals surface area contributed by atoms with E-state index in [1.54, 1.807) is 6.07 Å². The number of carbonyl (C=O) groups is 2. The van der Waals surface area contributed by atoms with Crippen LogP contribution in [-0.4, -0.2) is 34.4 Å². The van der Waals surface area contributed by atoms with Crippen LogP contribution >= 0.6 is 34.7 Å². The Labute approximate surface area is 151 Å². The number of amides is 3. The van der Waals surface area contributed by atoms with Crippen LogP contribution in [0.3, 0.4) is 0 Å². The lowest BCUT2D eigenvalue weighted by atomic mass is 10.3. The lowest BCUT2D eigenvalue weighted by molar-refractivity contribution is -0.117. The maximum absolute atomic E-state index is 11.6. The van der Waals surface area contributed by atoms with E-state index in [-0.39, 0.29) is 5.75 Å². The Hall–Kier alpha value is -2.10. The number of anilines is 2. The summed E-state index contributed by atoms with van der Waals surface area (Å²) in [7, 11) is 0. The number of nitrogens with zero attached hydrogens (tertiary/aromatic N) is 2. The first-order chi connectivity index (χ1) is 11.6. The van der Waals surface area contributed by atoms with E-state index in [9.17, 15) is 9.59 Å². The first kappa shape index (κ1) is 18.2. The number of hydrogen-bond acceptors (Lipinski definition) is 7. The fourth-order valence-corrected chi connectivity index (χ4v) is 3.24. The molecular weight excluding hydrogens is 370 g/mol. The molecule has 3 amide bonds. The van der Waals surface area contributed by atoms with Gasteiger partial charge in [0.1, 0.15) is 0 Å². The molecule has 0 fully saturated rings. The summed E-state index contributed by atoms with van der Waals surface area (Å²) in [5, 5.41) is 16.8. The molecule has 24 heavy (non-hydrogen) atoms. The monoisotopic (exact) mass is 383 g/mol. The summed E-state index contributed by atoms with van der Waals surface area (Å²) in [5.74, 6) is -0.361. The summed E-state index contributed by atoms with van der Waals surface area (Å²) >= 11 is 8.54. The molecule has 126 valence electrons. The van der Waals surface area contributed by atoms with E-state index in [2.05, 4.69) is 32.7 Å². The van der Waals surface area contributed by atoms with E-state index in [1.807, 2.05) is 18.2 Å². The Kier molecular flexibility index (Phi) is 7.04. The molecule has 0 aliphatic heterocycles. The Balaban J connectivity index is 1.81. The molecule has 3 N–H and O–H groups in total. The van der Waals surface area contributed by atoms with Crippen molar-refractivity contribution in [3.8, 4) is 0 Å². The summed E-state index contributed by atoms with van der Waals surface area (Å²) in [6.45, 7) is 3.76. The number of aromatic nitrogens is 2. The number of thioether (sulfide) groups is 1. The Bertz CT molecular complexity index is 737. The van der Waals surface area contributed by atoms with Crippen LogP contribution in [0.1, 0.15) is 0 Å². The predicted octanol–water partition coefficient (Wildman–Crippen LogP) is 3.04.